The van der Waals surface area contributed by atoms with Crippen molar-refractivity contribution in [3.8, 4) is 0 Å². The Labute approximate surface area is 125 Å². The van der Waals surface area contributed by atoms with Crippen molar-refractivity contribution in [2.45, 2.75) is 19.3 Å². The molecule has 1 heterocycles. The van der Waals surface area contributed by atoms with Crippen LogP contribution in [0, 0.1) is 0 Å². The third-order valence-corrected chi connectivity index (χ3v) is 2.97. The van der Waals surface area contributed by atoms with Gasteiger partial charge in [0, 0.05) is 13.1 Å². The minimum Gasteiger partial charge on any atom is -0.348 e. The highest BCUT2D eigenvalue weighted by Gasteiger charge is 2.30. The quantitative estimate of drug-likeness (QED) is 0.913. The number of nitrogens with zero attached hydrogens (tertiary/aromatic N) is 5. The second-order valence-electron chi connectivity index (χ2n) is 5.18. The van der Waals surface area contributed by atoms with E-state index >= 15 is 0 Å². The Hall–Kier alpha value is -2.16. The molecule has 1 N–H and O–H groups in total. The molecule has 0 aliphatic rings. The lowest BCUT2D eigenvalue weighted by Gasteiger charge is -2.16. The van der Waals surface area contributed by atoms with Crippen LogP contribution in [-0.2, 0) is 26.3 Å². The first-order valence-corrected chi connectivity index (χ1v) is 6.57. The minimum atomic E-state index is -4.36. The first-order chi connectivity index (χ1) is 10.3. The molecule has 0 aliphatic carbocycles. The Bertz CT molecular complexity index is 635. The molecule has 0 atom stereocenters. The van der Waals surface area contributed by atoms with E-state index < -0.39 is 11.7 Å². The van der Waals surface area contributed by atoms with Crippen molar-refractivity contribution in [2.75, 3.05) is 19.4 Å². The van der Waals surface area contributed by atoms with Crippen LogP contribution in [0.3, 0.4) is 0 Å². The monoisotopic (exact) mass is 314 g/mol. The van der Waals surface area contributed by atoms with Crippen LogP contribution >= 0.6 is 0 Å². The number of rotatable bonds is 5. The average molecular weight is 314 g/mol. The summed E-state index contributed by atoms with van der Waals surface area (Å²) in [6, 6.07) is 3.76. The van der Waals surface area contributed by atoms with Crippen LogP contribution < -0.4 is 5.32 Å². The molecule has 2 rings (SSSR count). The van der Waals surface area contributed by atoms with Crippen LogP contribution in [0.4, 0.5) is 19.1 Å². The highest BCUT2D eigenvalue weighted by molar-refractivity contribution is 5.36. The highest BCUT2D eigenvalue weighted by atomic mass is 19.4. The number of hydrogen-bond acceptors (Lipinski definition) is 5. The van der Waals surface area contributed by atoms with Gasteiger partial charge in [0.1, 0.15) is 0 Å². The van der Waals surface area contributed by atoms with Crippen LogP contribution in [0.2, 0.25) is 0 Å². The number of nitrogens with one attached hydrogen (secondary N) is 1. The number of benzene rings is 1. The van der Waals surface area contributed by atoms with Crippen LogP contribution in [-0.4, -0.2) is 39.2 Å². The van der Waals surface area contributed by atoms with E-state index in [0.717, 1.165) is 17.7 Å². The maximum Gasteiger partial charge on any atom is 0.416 e. The van der Waals surface area contributed by atoms with Crippen LogP contribution in [0.15, 0.2) is 18.2 Å². The topological polar surface area (TPSA) is 58.9 Å². The smallest absolute Gasteiger partial charge is 0.348 e. The molecular formula is C13H17F3N6. The van der Waals surface area contributed by atoms with Gasteiger partial charge in [-0.05, 0) is 42.6 Å². The normalized spacial score (nSPS) is 12.0. The molecule has 0 radical (unpaired) electrons. The predicted octanol–water partition coefficient (Wildman–Crippen LogP) is 1.90. The summed E-state index contributed by atoms with van der Waals surface area (Å²) in [6.07, 6.45) is -4.36. The van der Waals surface area contributed by atoms with Crippen molar-refractivity contribution in [2.24, 2.45) is 7.05 Å². The molecule has 2 aromatic rings. The average Bonchev–Trinajstić information content (AvgIpc) is 2.81. The lowest BCUT2D eigenvalue weighted by Crippen LogP contribution is -2.15. The zero-order valence-electron chi connectivity index (χ0n) is 12.5. The molecule has 0 amide bonds. The van der Waals surface area contributed by atoms with E-state index in [1.165, 1.54) is 10.9 Å². The highest BCUT2D eigenvalue weighted by Crippen LogP contribution is 2.31. The Morgan fingerprint density at radius 3 is 2.50 bits per heavy atom. The van der Waals surface area contributed by atoms with Gasteiger partial charge >= 0.3 is 6.18 Å². The van der Waals surface area contributed by atoms with Gasteiger partial charge in [0.05, 0.1) is 12.6 Å². The van der Waals surface area contributed by atoms with Crippen molar-refractivity contribution in [1.82, 2.24) is 25.1 Å². The Balaban J connectivity index is 2.24. The number of alkyl halides is 3. The molecule has 6 nitrogen and oxygen atoms in total. The van der Waals surface area contributed by atoms with Crippen LogP contribution in [0.25, 0.3) is 0 Å². The van der Waals surface area contributed by atoms with Crippen molar-refractivity contribution in [3.05, 3.63) is 34.9 Å². The molecule has 22 heavy (non-hydrogen) atoms. The van der Waals surface area contributed by atoms with E-state index in [-0.39, 0.29) is 12.5 Å². The minimum absolute atomic E-state index is 0.193. The Morgan fingerprint density at radius 1 is 1.23 bits per heavy atom. The van der Waals surface area contributed by atoms with Crippen molar-refractivity contribution < 1.29 is 13.2 Å². The van der Waals surface area contributed by atoms with Gasteiger partial charge in [-0.2, -0.15) is 18.0 Å². The molecule has 0 saturated heterocycles. The van der Waals surface area contributed by atoms with E-state index in [4.69, 9.17) is 0 Å². The second kappa shape index (κ2) is 6.30. The van der Waals surface area contributed by atoms with Gasteiger partial charge in [-0.1, -0.05) is 11.2 Å². The van der Waals surface area contributed by atoms with Gasteiger partial charge in [0.15, 0.2) is 0 Å². The number of halogens is 3. The largest absolute Gasteiger partial charge is 0.416 e. The summed E-state index contributed by atoms with van der Waals surface area (Å²) in [5.41, 5.74) is 0.698. The summed E-state index contributed by atoms with van der Waals surface area (Å²) in [6.45, 7) is 0.738. The van der Waals surface area contributed by atoms with Crippen molar-refractivity contribution >= 4 is 5.95 Å². The van der Waals surface area contributed by atoms with Gasteiger partial charge in [-0.15, -0.1) is 5.10 Å². The SMILES string of the molecule is CN(C)Cc1ccc(C(F)(F)F)cc1CNc1nnn(C)n1. The van der Waals surface area contributed by atoms with Gasteiger partial charge in [0.25, 0.3) is 5.95 Å². The van der Waals surface area contributed by atoms with Crippen LogP contribution in [0.5, 0.6) is 0 Å². The molecule has 1 aromatic heterocycles. The zero-order valence-corrected chi connectivity index (χ0v) is 12.5. The fourth-order valence-electron chi connectivity index (χ4n) is 1.99. The Morgan fingerprint density at radius 2 is 1.95 bits per heavy atom. The van der Waals surface area contributed by atoms with E-state index in [2.05, 4.69) is 20.7 Å². The van der Waals surface area contributed by atoms with E-state index in [0.29, 0.717) is 12.1 Å². The molecular weight excluding hydrogens is 297 g/mol. The molecule has 0 aliphatic heterocycles. The predicted molar refractivity (Wildman–Crippen MR) is 75.0 cm³/mol. The third kappa shape index (κ3) is 4.17. The standard InChI is InChI=1S/C13H17F3N6/c1-21(2)8-9-4-5-11(13(14,15)16)6-10(9)7-17-12-18-20-22(3)19-12/h4-6H,7-8H2,1-3H3,(H,17,19). The molecule has 120 valence electrons. The fourth-order valence-corrected chi connectivity index (χ4v) is 1.99. The summed E-state index contributed by atoms with van der Waals surface area (Å²) < 4.78 is 38.6. The number of anilines is 1. The lowest BCUT2D eigenvalue weighted by atomic mass is 10.0. The maximum atomic E-state index is 12.9. The van der Waals surface area contributed by atoms with Crippen molar-refractivity contribution in [3.63, 3.8) is 0 Å². The second-order valence-corrected chi connectivity index (χ2v) is 5.18. The molecule has 0 spiro atoms. The molecule has 0 fully saturated rings. The molecule has 0 bridgehead atoms. The molecule has 1 aromatic carbocycles. The Kier molecular flexibility index (Phi) is 4.65. The first-order valence-electron chi connectivity index (χ1n) is 6.57. The summed E-state index contributed by atoms with van der Waals surface area (Å²) in [5, 5.41) is 14.2. The number of hydrogen-bond donors (Lipinski definition) is 1. The summed E-state index contributed by atoms with van der Waals surface area (Å²) in [5.74, 6) is 0.274. The number of tetrazole rings is 1. The van der Waals surface area contributed by atoms with E-state index in [9.17, 15) is 13.2 Å². The lowest BCUT2D eigenvalue weighted by molar-refractivity contribution is -0.137. The molecule has 0 unspecified atom stereocenters. The van der Waals surface area contributed by atoms with E-state index in [1.54, 1.807) is 7.05 Å². The van der Waals surface area contributed by atoms with Gasteiger partial charge < -0.3 is 10.2 Å². The maximum absolute atomic E-state index is 12.9. The summed E-state index contributed by atoms with van der Waals surface area (Å²) in [7, 11) is 5.33. The molecule has 0 saturated carbocycles. The number of aromatic nitrogens is 4. The summed E-state index contributed by atoms with van der Waals surface area (Å²) in [4.78, 5) is 3.17. The van der Waals surface area contributed by atoms with E-state index in [1.807, 2.05) is 19.0 Å². The van der Waals surface area contributed by atoms with Crippen LogP contribution in [0.1, 0.15) is 16.7 Å². The van der Waals surface area contributed by atoms with Gasteiger partial charge in [-0.25, -0.2) is 0 Å². The van der Waals surface area contributed by atoms with Crippen molar-refractivity contribution in [1.29, 1.82) is 0 Å². The molecule has 9 heteroatoms. The summed E-state index contributed by atoms with van der Waals surface area (Å²) >= 11 is 0. The zero-order chi connectivity index (χ0) is 16.3. The van der Waals surface area contributed by atoms with Gasteiger partial charge in [0.2, 0.25) is 0 Å². The number of aryl methyl sites for hydroxylation is 1. The third-order valence-electron chi connectivity index (χ3n) is 2.97. The van der Waals surface area contributed by atoms with Gasteiger partial charge in [-0.3, -0.25) is 0 Å². The fraction of sp³-hybridized carbons (Fsp3) is 0.462. The first kappa shape index (κ1) is 16.2.